The molecule has 124 valence electrons. The van der Waals surface area contributed by atoms with E-state index in [4.69, 9.17) is 4.52 Å². The molecule has 2 aliphatic heterocycles. The number of rotatable bonds is 2. The van der Waals surface area contributed by atoms with Crippen LogP contribution in [0.4, 0.5) is 5.69 Å². The lowest BCUT2D eigenvalue weighted by Gasteiger charge is -2.27. The number of nitrogens with zero attached hydrogens (tertiary/aromatic N) is 3. The van der Waals surface area contributed by atoms with Crippen LogP contribution in [0, 0.1) is 0 Å². The minimum absolute atomic E-state index is 0.0165. The lowest BCUT2D eigenvalue weighted by atomic mass is 9.98. The summed E-state index contributed by atoms with van der Waals surface area (Å²) < 4.78 is 4.93. The predicted molar refractivity (Wildman–Crippen MR) is 87.7 cm³/mol. The van der Waals surface area contributed by atoms with Crippen LogP contribution >= 0.6 is 0 Å². The summed E-state index contributed by atoms with van der Waals surface area (Å²) in [6.07, 6.45) is 4.59. The first kappa shape index (κ1) is 14.9. The summed E-state index contributed by atoms with van der Waals surface area (Å²) in [6, 6.07) is 7.43. The number of carbonyl (C=O) groups is 2. The summed E-state index contributed by atoms with van der Waals surface area (Å²) >= 11 is 0. The second-order valence-corrected chi connectivity index (χ2v) is 6.38. The molecule has 0 unspecified atom stereocenters. The molecule has 4 rings (SSSR count). The van der Waals surface area contributed by atoms with Crippen molar-refractivity contribution in [1.29, 1.82) is 0 Å². The number of amides is 2. The quantitative estimate of drug-likeness (QED) is 0.851. The molecule has 0 spiro atoms. The van der Waals surface area contributed by atoms with Gasteiger partial charge in [0.2, 0.25) is 5.91 Å². The fourth-order valence-electron chi connectivity index (χ4n) is 3.67. The average molecular weight is 325 g/mol. The van der Waals surface area contributed by atoms with Gasteiger partial charge >= 0.3 is 0 Å². The maximum atomic E-state index is 13.0. The van der Waals surface area contributed by atoms with Gasteiger partial charge in [-0.2, -0.15) is 0 Å². The summed E-state index contributed by atoms with van der Waals surface area (Å²) in [4.78, 5) is 28.3. The lowest BCUT2D eigenvalue weighted by Crippen LogP contribution is -2.33. The van der Waals surface area contributed by atoms with Gasteiger partial charge in [0.15, 0.2) is 0 Å². The van der Waals surface area contributed by atoms with Crippen LogP contribution in [0.2, 0.25) is 0 Å². The molecular formula is C18H19N3O3. The van der Waals surface area contributed by atoms with Crippen LogP contribution < -0.4 is 4.90 Å². The molecule has 0 saturated carbocycles. The fourth-order valence-corrected chi connectivity index (χ4v) is 3.67. The molecule has 0 bridgehead atoms. The highest BCUT2D eigenvalue weighted by molar-refractivity contribution is 5.99. The van der Waals surface area contributed by atoms with E-state index >= 15 is 0 Å². The predicted octanol–water partition coefficient (Wildman–Crippen LogP) is 2.56. The largest absolute Gasteiger partial charge is 0.364 e. The zero-order chi connectivity index (χ0) is 16.7. The molecule has 24 heavy (non-hydrogen) atoms. The molecule has 2 amide bonds. The number of aryl methyl sites for hydroxylation is 1. The van der Waals surface area contributed by atoms with Crippen LogP contribution in [0.15, 0.2) is 35.1 Å². The van der Waals surface area contributed by atoms with Crippen molar-refractivity contribution in [3.05, 3.63) is 47.3 Å². The molecule has 2 aromatic rings. The summed E-state index contributed by atoms with van der Waals surface area (Å²) in [7, 11) is 1.78. The van der Waals surface area contributed by atoms with Gasteiger partial charge in [-0.25, -0.2) is 0 Å². The maximum absolute atomic E-state index is 13.0. The van der Waals surface area contributed by atoms with Crippen LogP contribution in [-0.2, 0) is 11.2 Å². The summed E-state index contributed by atoms with van der Waals surface area (Å²) in [5.41, 5.74) is 3.44. The van der Waals surface area contributed by atoms with Gasteiger partial charge in [0, 0.05) is 37.3 Å². The van der Waals surface area contributed by atoms with Crippen molar-refractivity contribution >= 4 is 17.5 Å². The lowest BCUT2D eigenvalue weighted by molar-refractivity contribution is -0.118. The fraction of sp³-hybridized carbons (Fsp3) is 0.389. The highest BCUT2D eigenvalue weighted by Crippen LogP contribution is 2.33. The molecule has 1 atom stereocenters. The van der Waals surface area contributed by atoms with Crippen LogP contribution in [0.1, 0.15) is 46.9 Å². The van der Waals surface area contributed by atoms with Crippen molar-refractivity contribution in [3.8, 4) is 0 Å². The second kappa shape index (κ2) is 5.78. The Morgan fingerprint density at radius 2 is 2.17 bits per heavy atom. The number of aromatic nitrogens is 1. The van der Waals surface area contributed by atoms with Crippen molar-refractivity contribution in [2.45, 2.75) is 31.7 Å². The molecule has 1 aromatic heterocycles. The smallest absolute Gasteiger partial charge is 0.254 e. The van der Waals surface area contributed by atoms with E-state index in [1.54, 1.807) is 18.2 Å². The van der Waals surface area contributed by atoms with Gasteiger partial charge in [0.05, 0.1) is 6.04 Å². The molecule has 0 aliphatic carbocycles. The second-order valence-electron chi connectivity index (χ2n) is 6.38. The van der Waals surface area contributed by atoms with Crippen molar-refractivity contribution in [3.63, 3.8) is 0 Å². The molecule has 0 N–H and O–H groups in total. The third kappa shape index (κ3) is 2.38. The number of hydrogen-bond acceptors (Lipinski definition) is 4. The molecule has 1 aromatic carbocycles. The molecule has 3 heterocycles. The number of anilines is 1. The van der Waals surface area contributed by atoms with E-state index in [9.17, 15) is 9.59 Å². The van der Waals surface area contributed by atoms with E-state index in [0.717, 1.165) is 36.3 Å². The first-order chi connectivity index (χ1) is 11.6. The van der Waals surface area contributed by atoms with Gasteiger partial charge in [-0.15, -0.1) is 0 Å². The van der Waals surface area contributed by atoms with Crippen LogP contribution in [0.5, 0.6) is 0 Å². The SMILES string of the molecule is CN1C(=O)CCc2cc(C(=O)N3CCC[C@@H]3c3ccon3)ccc21. The van der Waals surface area contributed by atoms with Crippen molar-refractivity contribution in [1.82, 2.24) is 10.1 Å². The summed E-state index contributed by atoms with van der Waals surface area (Å²) in [5, 5.41) is 4.00. The number of benzene rings is 1. The minimum Gasteiger partial charge on any atom is -0.364 e. The molecule has 2 aliphatic rings. The third-order valence-electron chi connectivity index (χ3n) is 4.98. The van der Waals surface area contributed by atoms with Crippen molar-refractivity contribution in [2.75, 3.05) is 18.5 Å². The topological polar surface area (TPSA) is 66.7 Å². The molecule has 6 nitrogen and oxygen atoms in total. The Morgan fingerprint density at radius 3 is 2.96 bits per heavy atom. The molecule has 6 heteroatoms. The van der Waals surface area contributed by atoms with Crippen molar-refractivity contribution in [2.24, 2.45) is 0 Å². The van der Waals surface area contributed by atoms with E-state index in [2.05, 4.69) is 5.16 Å². The minimum atomic E-state index is -0.0171. The Hall–Kier alpha value is -2.63. The zero-order valence-electron chi connectivity index (χ0n) is 13.6. The van der Waals surface area contributed by atoms with Crippen LogP contribution in [0.25, 0.3) is 0 Å². The molecule has 1 saturated heterocycles. The maximum Gasteiger partial charge on any atom is 0.254 e. The summed E-state index contributed by atoms with van der Waals surface area (Å²) in [5.74, 6) is 0.134. The van der Waals surface area contributed by atoms with E-state index < -0.39 is 0 Å². The van der Waals surface area contributed by atoms with E-state index in [1.807, 2.05) is 29.2 Å². The van der Waals surface area contributed by atoms with Crippen LogP contribution in [0.3, 0.4) is 0 Å². The third-order valence-corrected chi connectivity index (χ3v) is 4.98. The Bertz CT molecular complexity index is 785. The first-order valence-electron chi connectivity index (χ1n) is 8.26. The Labute approximate surface area is 140 Å². The highest BCUT2D eigenvalue weighted by atomic mass is 16.5. The Balaban J connectivity index is 1.62. The number of hydrogen-bond donors (Lipinski definition) is 0. The number of carbonyl (C=O) groups excluding carboxylic acids is 2. The first-order valence-corrected chi connectivity index (χ1v) is 8.26. The van der Waals surface area contributed by atoms with Gasteiger partial charge < -0.3 is 14.3 Å². The highest BCUT2D eigenvalue weighted by Gasteiger charge is 2.33. The van der Waals surface area contributed by atoms with Gasteiger partial charge in [-0.1, -0.05) is 5.16 Å². The van der Waals surface area contributed by atoms with Gasteiger partial charge in [0.25, 0.3) is 5.91 Å². The van der Waals surface area contributed by atoms with E-state index in [1.165, 1.54) is 0 Å². The van der Waals surface area contributed by atoms with E-state index in [0.29, 0.717) is 18.4 Å². The molecule has 1 fully saturated rings. The van der Waals surface area contributed by atoms with Gasteiger partial charge in [0.1, 0.15) is 12.0 Å². The van der Waals surface area contributed by atoms with E-state index in [-0.39, 0.29) is 17.9 Å². The molecule has 0 radical (unpaired) electrons. The normalized spacial score (nSPS) is 20.4. The standard InChI is InChI=1S/C18H19N3O3/c1-20-15-6-4-13(11-12(15)5-7-17(20)22)18(23)21-9-2-3-16(21)14-8-10-24-19-14/h4,6,8,10-11,16H,2-3,5,7,9H2,1H3/t16-/m1/s1. The zero-order valence-corrected chi connectivity index (χ0v) is 13.6. The van der Waals surface area contributed by atoms with Gasteiger partial charge in [-0.3, -0.25) is 9.59 Å². The summed E-state index contributed by atoms with van der Waals surface area (Å²) in [6.45, 7) is 0.728. The number of fused-ring (bicyclic) bond motifs is 1. The molecular weight excluding hydrogens is 306 g/mol. The number of likely N-dealkylation sites (tertiary alicyclic amines) is 1. The Kier molecular flexibility index (Phi) is 3.59. The monoisotopic (exact) mass is 325 g/mol. The average Bonchev–Trinajstić information content (AvgIpc) is 3.27. The van der Waals surface area contributed by atoms with Crippen molar-refractivity contribution < 1.29 is 14.1 Å². The Morgan fingerprint density at radius 1 is 1.29 bits per heavy atom. The van der Waals surface area contributed by atoms with Gasteiger partial charge in [-0.05, 0) is 43.0 Å². The van der Waals surface area contributed by atoms with Crippen LogP contribution in [-0.4, -0.2) is 35.5 Å².